The summed E-state index contributed by atoms with van der Waals surface area (Å²) < 4.78 is 0.855. The van der Waals surface area contributed by atoms with Crippen LogP contribution in [0.2, 0.25) is 0 Å². The summed E-state index contributed by atoms with van der Waals surface area (Å²) in [6.45, 7) is 3.96. The molecule has 2 rings (SSSR count). The van der Waals surface area contributed by atoms with Crippen LogP contribution in [0.4, 0.5) is 11.4 Å². The van der Waals surface area contributed by atoms with Crippen LogP contribution in [0.5, 0.6) is 0 Å². The molecule has 0 aliphatic rings. The lowest BCUT2D eigenvalue weighted by Crippen LogP contribution is -2.24. The maximum absolute atomic E-state index is 12.6. The van der Waals surface area contributed by atoms with E-state index in [-0.39, 0.29) is 17.1 Å². The van der Waals surface area contributed by atoms with E-state index in [4.69, 9.17) is 0 Å². The number of para-hydroxylation sites is 1. The van der Waals surface area contributed by atoms with Crippen LogP contribution in [0, 0.1) is 0 Å². The predicted octanol–water partition coefficient (Wildman–Crippen LogP) is 5.70. The van der Waals surface area contributed by atoms with Gasteiger partial charge in [0, 0.05) is 21.5 Å². The lowest BCUT2D eigenvalue weighted by molar-refractivity contribution is -0.116. The number of hydrogen-bond acceptors (Lipinski definition) is 3. The number of benzene rings is 2. The molecule has 6 heteroatoms. The second-order valence-corrected chi connectivity index (χ2v) is 7.94. The minimum atomic E-state index is -0.219. The van der Waals surface area contributed by atoms with Crippen LogP contribution in [-0.4, -0.2) is 17.1 Å². The van der Waals surface area contributed by atoms with Gasteiger partial charge < -0.3 is 10.6 Å². The molecule has 4 nitrogen and oxygen atoms in total. The SMILES string of the molecule is CCCC(=O)Nc1cccc(SC(CC)C(=O)Nc2ccccc2Br)c1. The van der Waals surface area contributed by atoms with Crippen LogP contribution >= 0.6 is 27.7 Å². The molecule has 2 amide bonds. The van der Waals surface area contributed by atoms with Crippen LogP contribution in [0.3, 0.4) is 0 Å². The van der Waals surface area contributed by atoms with Crippen LogP contribution in [0.15, 0.2) is 57.9 Å². The Hall–Kier alpha value is -1.79. The van der Waals surface area contributed by atoms with E-state index in [0.717, 1.165) is 27.2 Å². The van der Waals surface area contributed by atoms with Crippen LogP contribution in [0.1, 0.15) is 33.1 Å². The van der Waals surface area contributed by atoms with E-state index in [0.29, 0.717) is 12.8 Å². The highest BCUT2D eigenvalue weighted by Crippen LogP contribution is 2.29. The maximum atomic E-state index is 12.6. The zero-order valence-electron chi connectivity index (χ0n) is 14.9. The van der Waals surface area contributed by atoms with Crippen LogP contribution < -0.4 is 10.6 Å². The summed E-state index contributed by atoms with van der Waals surface area (Å²) in [5.41, 5.74) is 1.52. The molecule has 0 fully saturated rings. The molecular formula is C20H23BrN2O2S. The van der Waals surface area contributed by atoms with E-state index in [1.807, 2.05) is 62.4 Å². The highest BCUT2D eigenvalue weighted by molar-refractivity contribution is 9.10. The second-order valence-electron chi connectivity index (χ2n) is 5.81. The molecule has 0 heterocycles. The average Bonchev–Trinajstić information content (AvgIpc) is 2.62. The van der Waals surface area contributed by atoms with Gasteiger partial charge in [-0.15, -0.1) is 11.8 Å². The number of nitrogens with one attached hydrogen (secondary N) is 2. The van der Waals surface area contributed by atoms with E-state index in [2.05, 4.69) is 26.6 Å². The summed E-state index contributed by atoms with van der Waals surface area (Å²) in [6, 6.07) is 15.2. The highest BCUT2D eigenvalue weighted by Gasteiger charge is 2.19. The van der Waals surface area contributed by atoms with Crippen molar-refractivity contribution in [3.8, 4) is 0 Å². The topological polar surface area (TPSA) is 58.2 Å². The molecule has 2 N–H and O–H groups in total. The van der Waals surface area contributed by atoms with Gasteiger partial charge in [-0.3, -0.25) is 9.59 Å². The Labute approximate surface area is 167 Å². The van der Waals surface area contributed by atoms with Gasteiger partial charge in [0.2, 0.25) is 11.8 Å². The number of thioether (sulfide) groups is 1. The Bertz CT molecular complexity index is 767. The third-order valence-electron chi connectivity index (χ3n) is 3.67. The Morgan fingerprint density at radius 2 is 1.85 bits per heavy atom. The summed E-state index contributed by atoms with van der Waals surface area (Å²) in [4.78, 5) is 25.3. The number of amides is 2. The van der Waals surface area contributed by atoms with Gasteiger partial charge in [0.15, 0.2) is 0 Å². The van der Waals surface area contributed by atoms with Gasteiger partial charge in [0.1, 0.15) is 0 Å². The molecule has 138 valence electrons. The number of carbonyl (C=O) groups is 2. The van der Waals surface area contributed by atoms with Crippen molar-refractivity contribution in [1.82, 2.24) is 0 Å². The van der Waals surface area contributed by atoms with Crippen molar-refractivity contribution in [1.29, 1.82) is 0 Å². The van der Waals surface area contributed by atoms with Crippen molar-refractivity contribution in [2.75, 3.05) is 10.6 Å². The molecule has 2 aromatic carbocycles. The fourth-order valence-corrected chi connectivity index (χ4v) is 3.76. The monoisotopic (exact) mass is 434 g/mol. The van der Waals surface area contributed by atoms with E-state index in [1.165, 1.54) is 11.8 Å². The number of anilines is 2. The van der Waals surface area contributed by atoms with Gasteiger partial charge >= 0.3 is 0 Å². The molecule has 0 aromatic heterocycles. The average molecular weight is 435 g/mol. The molecule has 1 atom stereocenters. The van der Waals surface area contributed by atoms with Crippen LogP contribution in [0.25, 0.3) is 0 Å². The first-order valence-corrected chi connectivity index (χ1v) is 10.3. The minimum Gasteiger partial charge on any atom is -0.326 e. The lowest BCUT2D eigenvalue weighted by Gasteiger charge is -2.16. The summed E-state index contributed by atoms with van der Waals surface area (Å²) >= 11 is 4.94. The molecule has 0 saturated heterocycles. The van der Waals surface area contributed by atoms with Gasteiger partial charge in [-0.1, -0.05) is 32.0 Å². The minimum absolute atomic E-state index is 0.00774. The normalized spacial score (nSPS) is 11.7. The summed E-state index contributed by atoms with van der Waals surface area (Å²) in [5, 5.41) is 5.64. The lowest BCUT2D eigenvalue weighted by atomic mass is 10.2. The van der Waals surface area contributed by atoms with E-state index < -0.39 is 0 Å². The second kappa shape index (κ2) is 10.4. The third kappa shape index (κ3) is 6.18. The molecule has 26 heavy (non-hydrogen) atoms. The molecule has 0 bridgehead atoms. The summed E-state index contributed by atoms with van der Waals surface area (Å²) in [5.74, 6) is -0.0295. The predicted molar refractivity (Wildman–Crippen MR) is 113 cm³/mol. The van der Waals surface area contributed by atoms with Crippen molar-refractivity contribution in [2.45, 2.75) is 43.3 Å². The van der Waals surface area contributed by atoms with Gasteiger partial charge in [-0.05, 0) is 59.1 Å². The van der Waals surface area contributed by atoms with Gasteiger partial charge in [0.25, 0.3) is 0 Å². The molecule has 2 aromatic rings. The van der Waals surface area contributed by atoms with Crippen LogP contribution in [-0.2, 0) is 9.59 Å². The highest BCUT2D eigenvalue weighted by atomic mass is 79.9. The number of halogens is 1. The van der Waals surface area contributed by atoms with E-state index in [1.54, 1.807) is 0 Å². The third-order valence-corrected chi connectivity index (χ3v) is 5.72. The van der Waals surface area contributed by atoms with Gasteiger partial charge in [0.05, 0.1) is 10.9 Å². The molecule has 0 aliphatic heterocycles. The van der Waals surface area contributed by atoms with E-state index >= 15 is 0 Å². The Balaban J connectivity index is 2.04. The quantitative estimate of drug-likeness (QED) is 0.523. The van der Waals surface area contributed by atoms with Crippen molar-refractivity contribution in [3.63, 3.8) is 0 Å². The first kappa shape index (κ1) is 20.5. The number of carbonyl (C=O) groups excluding carboxylic acids is 2. The standard InChI is InChI=1S/C20H23BrN2O2S/c1-3-8-19(24)22-14-9-7-10-15(13-14)26-18(4-2)20(25)23-17-12-6-5-11-16(17)21/h5-7,9-13,18H,3-4,8H2,1-2H3,(H,22,24)(H,23,25). The van der Waals surface area contributed by atoms with Crippen molar-refractivity contribution >= 4 is 50.9 Å². The Morgan fingerprint density at radius 3 is 2.54 bits per heavy atom. The fourth-order valence-electron chi connectivity index (χ4n) is 2.36. The van der Waals surface area contributed by atoms with Crippen molar-refractivity contribution in [2.24, 2.45) is 0 Å². The molecule has 0 radical (unpaired) electrons. The zero-order chi connectivity index (χ0) is 18.9. The van der Waals surface area contributed by atoms with Crippen molar-refractivity contribution in [3.05, 3.63) is 53.0 Å². The largest absolute Gasteiger partial charge is 0.326 e. The maximum Gasteiger partial charge on any atom is 0.237 e. The summed E-state index contributed by atoms with van der Waals surface area (Å²) in [6.07, 6.45) is 2.02. The molecule has 1 unspecified atom stereocenters. The molecular weight excluding hydrogens is 412 g/mol. The zero-order valence-corrected chi connectivity index (χ0v) is 17.3. The number of hydrogen-bond donors (Lipinski definition) is 2. The Kier molecular flexibility index (Phi) is 8.19. The Morgan fingerprint density at radius 1 is 1.08 bits per heavy atom. The van der Waals surface area contributed by atoms with E-state index in [9.17, 15) is 9.59 Å². The van der Waals surface area contributed by atoms with Gasteiger partial charge in [-0.2, -0.15) is 0 Å². The van der Waals surface area contributed by atoms with Crippen molar-refractivity contribution < 1.29 is 9.59 Å². The molecule has 0 aliphatic carbocycles. The first-order valence-electron chi connectivity index (χ1n) is 8.65. The smallest absolute Gasteiger partial charge is 0.237 e. The molecule has 0 saturated carbocycles. The van der Waals surface area contributed by atoms with Gasteiger partial charge in [-0.25, -0.2) is 0 Å². The first-order chi connectivity index (χ1) is 12.5. The fraction of sp³-hybridized carbons (Fsp3) is 0.300. The molecule has 0 spiro atoms. The number of rotatable bonds is 8. The summed E-state index contributed by atoms with van der Waals surface area (Å²) in [7, 11) is 0.